The van der Waals surface area contributed by atoms with Crippen molar-refractivity contribution < 1.29 is 13.5 Å². The van der Waals surface area contributed by atoms with E-state index in [1.165, 1.54) is 42.5 Å². The first-order valence-corrected chi connectivity index (χ1v) is 10.2. The summed E-state index contributed by atoms with van der Waals surface area (Å²) in [5.41, 5.74) is 4.18. The van der Waals surface area contributed by atoms with E-state index in [9.17, 15) is 13.5 Å². The molecule has 0 saturated heterocycles. The first-order chi connectivity index (χ1) is 13.8. The van der Waals surface area contributed by atoms with Crippen LogP contribution >= 0.6 is 11.6 Å². The van der Waals surface area contributed by atoms with Gasteiger partial charge < -0.3 is 5.11 Å². The fraction of sp³-hybridized carbons (Fsp3) is 0. The van der Waals surface area contributed by atoms with Gasteiger partial charge in [-0.15, -0.1) is 10.2 Å². The Morgan fingerprint density at radius 1 is 1.00 bits per heavy atom. The number of phenolic OH excluding ortho intramolecular Hbond substituents is 1. The molecule has 3 rings (SSSR count). The van der Waals surface area contributed by atoms with Crippen molar-refractivity contribution in [1.29, 1.82) is 0 Å². The number of phenols is 1. The van der Waals surface area contributed by atoms with E-state index in [1.54, 1.807) is 12.1 Å². The molecule has 3 aromatic carbocycles. The Morgan fingerprint density at radius 2 is 1.69 bits per heavy atom. The molecule has 0 aromatic heterocycles. The predicted molar refractivity (Wildman–Crippen MR) is 112 cm³/mol. The number of primary sulfonamides is 1. The number of hydrazone groups is 1. The monoisotopic (exact) mass is 429 g/mol. The average Bonchev–Trinajstić information content (AvgIpc) is 2.71. The van der Waals surface area contributed by atoms with Crippen LogP contribution in [-0.4, -0.2) is 19.4 Å². The number of benzene rings is 3. The van der Waals surface area contributed by atoms with Crippen molar-refractivity contribution in [2.45, 2.75) is 4.90 Å². The molecule has 0 spiro atoms. The molecule has 148 valence electrons. The first kappa shape index (κ1) is 20.5. The number of sulfonamides is 1. The minimum Gasteiger partial charge on any atom is -0.506 e. The number of anilines is 1. The molecule has 0 saturated carbocycles. The average molecular weight is 430 g/mol. The minimum atomic E-state index is -3.77. The molecule has 0 aliphatic heterocycles. The molecule has 3 aromatic rings. The van der Waals surface area contributed by atoms with Gasteiger partial charge in [0.05, 0.1) is 10.6 Å². The molecular weight excluding hydrogens is 414 g/mol. The summed E-state index contributed by atoms with van der Waals surface area (Å²) >= 11 is 5.93. The molecule has 0 aliphatic carbocycles. The van der Waals surface area contributed by atoms with E-state index >= 15 is 0 Å². The van der Waals surface area contributed by atoms with Gasteiger partial charge in [0.25, 0.3) is 0 Å². The summed E-state index contributed by atoms with van der Waals surface area (Å²) in [5.74, 6) is 0.164. The smallest absolute Gasteiger partial charge is 0.238 e. The number of rotatable bonds is 5. The number of nitrogens with one attached hydrogen (secondary N) is 1. The van der Waals surface area contributed by atoms with Crippen molar-refractivity contribution in [3.05, 3.63) is 83.4 Å². The van der Waals surface area contributed by atoms with E-state index in [2.05, 4.69) is 20.8 Å². The van der Waals surface area contributed by atoms with Gasteiger partial charge in [-0.1, -0.05) is 41.9 Å². The topological polar surface area (TPSA) is 130 Å². The first-order valence-electron chi connectivity index (χ1n) is 8.25. The van der Waals surface area contributed by atoms with E-state index in [0.29, 0.717) is 16.3 Å². The third-order valence-electron chi connectivity index (χ3n) is 3.70. The number of aromatic hydroxyl groups is 1. The lowest BCUT2D eigenvalue weighted by Gasteiger charge is -2.05. The van der Waals surface area contributed by atoms with E-state index < -0.39 is 10.0 Å². The second-order valence-electron chi connectivity index (χ2n) is 5.82. The van der Waals surface area contributed by atoms with Crippen LogP contribution in [0.4, 0.5) is 11.4 Å². The SMILES string of the molecule is NS(=O)(=O)c1ccc(N/N=C(\N=Nc2cc(Cl)ccc2O)c2ccccc2)cc1. The Kier molecular flexibility index (Phi) is 6.23. The molecule has 10 heteroatoms. The fourth-order valence-corrected chi connectivity index (χ4v) is 2.93. The maximum absolute atomic E-state index is 11.3. The number of amidine groups is 1. The van der Waals surface area contributed by atoms with Crippen LogP contribution in [0, 0.1) is 0 Å². The molecule has 4 N–H and O–H groups in total. The Morgan fingerprint density at radius 3 is 2.34 bits per heavy atom. The number of hydrogen-bond acceptors (Lipinski definition) is 6. The highest BCUT2D eigenvalue weighted by Crippen LogP contribution is 2.29. The fourth-order valence-electron chi connectivity index (χ4n) is 2.25. The van der Waals surface area contributed by atoms with Gasteiger partial charge in [-0.05, 0) is 42.5 Å². The molecule has 0 atom stereocenters. The Labute approximate surface area is 172 Å². The summed E-state index contributed by atoms with van der Waals surface area (Å²) < 4.78 is 22.7. The van der Waals surface area contributed by atoms with Gasteiger partial charge in [-0.2, -0.15) is 5.10 Å². The zero-order valence-electron chi connectivity index (χ0n) is 14.9. The number of azo groups is 1. The lowest BCUT2D eigenvalue weighted by Crippen LogP contribution is -2.11. The van der Waals surface area contributed by atoms with Crippen LogP contribution in [0.15, 0.2) is 93.0 Å². The van der Waals surface area contributed by atoms with Crippen molar-refractivity contribution in [3.63, 3.8) is 0 Å². The van der Waals surface area contributed by atoms with Gasteiger partial charge in [-0.25, -0.2) is 13.6 Å². The molecular formula is C19H16ClN5O3S. The van der Waals surface area contributed by atoms with Gasteiger partial charge in [0, 0.05) is 10.6 Å². The summed E-state index contributed by atoms with van der Waals surface area (Å²) in [4.78, 5) is -0.00793. The molecule has 0 fully saturated rings. The summed E-state index contributed by atoms with van der Waals surface area (Å²) in [7, 11) is -3.77. The molecule has 0 heterocycles. The lowest BCUT2D eigenvalue weighted by molar-refractivity contribution is 0.476. The third-order valence-corrected chi connectivity index (χ3v) is 4.86. The number of nitrogens with zero attached hydrogens (tertiary/aromatic N) is 3. The number of hydrogen-bond donors (Lipinski definition) is 3. The normalized spacial score (nSPS) is 12.3. The minimum absolute atomic E-state index is 0.00793. The molecule has 29 heavy (non-hydrogen) atoms. The molecule has 0 radical (unpaired) electrons. The van der Waals surface area contributed by atoms with E-state index in [4.69, 9.17) is 16.7 Å². The molecule has 0 unspecified atom stereocenters. The van der Waals surface area contributed by atoms with Crippen LogP contribution in [-0.2, 0) is 10.0 Å². The van der Waals surface area contributed by atoms with Crippen molar-refractivity contribution >= 4 is 38.8 Å². The highest BCUT2D eigenvalue weighted by molar-refractivity contribution is 7.89. The van der Waals surface area contributed by atoms with Crippen molar-refractivity contribution in [1.82, 2.24) is 0 Å². The van der Waals surface area contributed by atoms with Crippen LogP contribution in [0.3, 0.4) is 0 Å². The van der Waals surface area contributed by atoms with Gasteiger partial charge in [-0.3, -0.25) is 5.43 Å². The molecule has 8 nitrogen and oxygen atoms in total. The second-order valence-corrected chi connectivity index (χ2v) is 7.81. The zero-order chi connectivity index (χ0) is 20.9. The zero-order valence-corrected chi connectivity index (χ0v) is 16.5. The maximum Gasteiger partial charge on any atom is 0.238 e. The van der Waals surface area contributed by atoms with E-state index in [1.807, 2.05) is 18.2 Å². The largest absolute Gasteiger partial charge is 0.506 e. The van der Waals surface area contributed by atoms with E-state index in [-0.39, 0.29) is 22.2 Å². The third kappa shape index (κ3) is 5.61. The Hall–Kier alpha value is -3.27. The van der Waals surface area contributed by atoms with Gasteiger partial charge in [0.2, 0.25) is 15.9 Å². The molecule has 0 aliphatic rings. The summed E-state index contributed by atoms with van der Waals surface area (Å²) in [5, 5.41) is 27.8. The maximum atomic E-state index is 11.3. The van der Waals surface area contributed by atoms with Crippen molar-refractivity contribution in [2.24, 2.45) is 20.5 Å². The summed E-state index contributed by atoms with van der Waals surface area (Å²) in [6.07, 6.45) is 0. The Balaban J connectivity index is 1.90. The summed E-state index contributed by atoms with van der Waals surface area (Å²) in [6, 6.07) is 19.3. The second kappa shape index (κ2) is 8.82. The predicted octanol–water partition coefficient (Wildman–Crippen LogP) is 4.25. The van der Waals surface area contributed by atoms with Crippen LogP contribution in [0.2, 0.25) is 5.02 Å². The highest BCUT2D eigenvalue weighted by Gasteiger charge is 2.07. The van der Waals surface area contributed by atoms with Crippen molar-refractivity contribution in [2.75, 3.05) is 5.43 Å². The van der Waals surface area contributed by atoms with Gasteiger partial charge in [0.15, 0.2) is 0 Å². The Bertz CT molecular complexity index is 1160. The van der Waals surface area contributed by atoms with Gasteiger partial charge >= 0.3 is 0 Å². The standard InChI is InChI=1S/C19H16ClN5O3S/c20-14-6-11-18(26)17(12-14)23-25-19(13-4-2-1-3-5-13)24-22-15-7-9-16(10-8-15)29(21,27)28/h1-12,22,26H,(H2,21,27,28)/b24-19-,25-23?. The van der Waals surface area contributed by atoms with Gasteiger partial charge in [0.1, 0.15) is 11.4 Å². The van der Waals surface area contributed by atoms with E-state index in [0.717, 1.165) is 0 Å². The van der Waals surface area contributed by atoms with Crippen LogP contribution in [0.5, 0.6) is 5.75 Å². The van der Waals surface area contributed by atoms with Crippen LogP contribution < -0.4 is 10.6 Å². The lowest BCUT2D eigenvalue weighted by atomic mass is 10.2. The molecule has 0 amide bonds. The van der Waals surface area contributed by atoms with Crippen molar-refractivity contribution in [3.8, 4) is 5.75 Å². The highest BCUT2D eigenvalue weighted by atomic mass is 35.5. The summed E-state index contributed by atoms with van der Waals surface area (Å²) in [6.45, 7) is 0. The number of halogens is 1. The van der Waals surface area contributed by atoms with Crippen LogP contribution in [0.25, 0.3) is 0 Å². The van der Waals surface area contributed by atoms with Crippen LogP contribution in [0.1, 0.15) is 5.56 Å². The quantitative estimate of drug-likeness (QED) is 0.242. The number of nitrogens with two attached hydrogens (primary N) is 1. The molecule has 0 bridgehead atoms.